The summed E-state index contributed by atoms with van der Waals surface area (Å²) in [6.45, 7) is 5.64. The van der Waals surface area contributed by atoms with E-state index in [1.54, 1.807) is 24.3 Å². The highest BCUT2D eigenvalue weighted by molar-refractivity contribution is 5.97. The van der Waals surface area contributed by atoms with Crippen molar-refractivity contribution >= 4 is 29.9 Å². The fraction of sp³-hybridized carbons (Fsp3) is 0.579. The van der Waals surface area contributed by atoms with Crippen LogP contribution in [0.4, 0.5) is 5.69 Å². The normalized spacial score (nSPS) is 15.0. The number of amides is 2. The second-order valence-corrected chi connectivity index (χ2v) is 6.58. The number of halogens is 1. The minimum atomic E-state index is -0.543. The Bertz CT molecular complexity index is 574. The molecule has 0 bridgehead atoms. The Morgan fingerprint density at radius 1 is 1.15 bits per heavy atom. The second-order valence-electron chi connectivity index (χ2n) is 6.58. The molecule has 0 saturated carbocycles. The van der Waals surface area contributed by atoms with Crippen molar-refractivity contribution in [2.24, 2.45) is 11.1 Å². The second kappa shape index (κ2) is 10.5. The van der Waals surface area contributed by atoms with Crippen LogP contribution in [-0.4, -0.2) is 37.6 Å². The summed E-state index contributed by atoms with van der Waals surface area (Å²) in [5.74, 6) is -0.164. The Balaban J connectivity index is 0.00000338. The summed E-state index contributed by atoms with van der Waals surface area (Å²) in [6, 6.07) is 7.13. The van der Waals surface area contributed by atoms with Crippen LogP contribution in [0.3, 0.4) is 0 Å². The average molecular weight is 384 g/mol. The Labute approximate surface area is 161 Å². The molecule has 4 N–H and O–H groups in total. The Morgan fingerprint density at radius 3 is 2.23 bits per heavy atom. The van der Waals surface area contributed by atoms with Gasteiger partial charge in [0.15, 0.2) is 0 Å². The molecule has 0 aliphatic carbocycles. The van der Waals surface area contributed by atoms with E-state index in [-0.39, 0.29) is 30.3 Å². The largest absolute Gasteiger partial charge is 0.381 e. The van der Waals surface area contributed by atoms with Crippen LogP contribution >= 0.6 is 12.4 Å². The highest BCUT2D eigenvalue weighted by atomic mass is 35.5. The Morgan fingerprint density at radius 2 is 1.73 bits per heavy atom. The molecule has 146 valence electrons. The molecule has 1 saturated heterocycles. The number of hydrogen-bond donors (Lipinski definition) is 3. The number of anilines is 1. The fourth-order valence-corrected chi connectivity index (χ4v) is 3.03. The summed E-state index contributed by atoms with van der Waals surface area (Å²) in [4.78, 5) is 24.8. The monoisotopic (exact) mass is 383 g/mol. The van der Waals surface area contributed by atoms with Crippen LogP contribution in [-0.2, 0) is 9.53 Å². The molecule has 2 rings (SSSR count). The summed E-state index contributed by atoms with van der Waals surface area (Å²) in [5.41, 5.74) is 6.53. The summed E-state index contributed by atoms with van der Waals surface area (Å²) >= 11 is 0. The lowest BCUT2D eigenvalue weighted by Gasteiger charge is -2.28. The minimum absolute atomic E-state index is 0. The molecule has 1 heterocycles. The van der Waals surface area contributed by atoms with Crippen LogP contribution in [0.5, 0.6) is 0 Å². The van der Waals surface area contributed by atoms with Crippen LogP contribution in [0, 0.1) is 5.41 Å². The van der Waals surface area contributed by atoms with Crippen molar-refractivity contribution in [1.82, 2.24) is 5.32 Å². The number of ether oxygens (including phenoxy) is 1. The van der Waals surface area contributed by atoms with Crippen molar-refractivity contribution in [3.05, 3.63) is 29.8 Å². The van der Waals surface area contributed by atoms with E-state index in [0.29, 0.717) is 43.9 Å². The van der Waals surface area contributed by atoms with Gasteiger partial charge in [0.05, 0.1) is 5.41 Å². The van der Waals surface area contributed by atoms with Gasteiger partial charge in [-0.05, 0) is 49.9 Å². The van der Waals surface area contributed by atoms with Gasteiger partial charge in [-0.1, -0.05) is 13.8 Å². The molecule has 2 amide bonds. The summed E-state index contributed by atoms with van der Waals surface area (Å²) in [7, 11) is 0. The molecule has 0 atom stereocenters. The van der Waals surface area contributed by atoms with Gasteiger partial charge < -0.3 is 21.1 Å². The molecule has 7 heteroatoms. The summed E-state index contributed by atoms with van der Waals surface area (Å²) in [5, 5.41) is 5.94. The Kier molecular flexibility index (Phi) is 9.05. The number of nitrogens with one attached hydrogen (secondary N) is 2. The number of carbonyl (C=O) groups is 2. The van der Waals surface area contributed by atoms with Gasteiger partial charge in [0, 0.05) is 37.1 Å². The quantitative estimate of drug-likeness (QED) is 0.674. The first-order valence-corrected chi connectivity index (χ1v) is 9.05. The molecule has 1 aromatic rings. The highest BCUT2D eigenvalue weighted by Crippen LogP contribution is 2.27. The molecule has 0 spiro atoms. The molecule has 1 aliphatic rings. The first-order chi connectivity index (χ1) is 12.0. The zero-order chi connectivity index (χ0) is 18.3. The zero-order valence-corrected chi connectivity index (χ0v) is 16.4. The van der Waals surface area contributed by atoms with Crippen LogP contribution in [0.25, 0.3) is 0 Å². The summed E-state index contributed by atoms with van der Waals surface area (Å²) in [6.07, 6.45) is 3.07. The lowest BCUT2D eigenvalue weighted by molar-refractivity contribution is -0.125. The smallest absolute Gasteiger partial charge is 0.251 e. The molecule has 0 radical (unpaired) electrons. The molecule has 1 aromatic carbocycles. The first-order valence-electron chi connectivity index (χ1n) is 9.05. The maximum atomic E-state index is 12.5. The van der Waals surface area contributed by atoms with E-state index in [1.165, 1.54) is 0 Å². The molecule has 26 heavy (non-hydrogen) atoms. The van der Waals surface area contributed by atoms with Gasteiger partial charge in [0.2, 0.25) is 5.91 Å². The fourth-order valence-electron chi connectivity index (χ4n) is 3.03. The van der Waals surface area contributed by atoms with E-state index in [0.717, 1.165) is 12.8 Å². The molecule has 6 nitrogen and oxygen atoms in total. The van der Waals surface area contributed by atoms with Crippen molar-refractivity contribution in [3.8, 4) is 0 Å². The van der Waals surface area contributed by atoms with Crippen LogP contribution in [0.1, 0.15) is 49.9 Å². The van der Waals surface area contributed by atoms with Crippen molar-refractivity contribution in [2.75, 3.05) is 25.1 Å². The van der Waals surface area contributed by atoms with E-state index >= 15 is 0 Å². The predicted octanol–water partition coefficient (Wildman–Crippen LogP) is 2.72. The number of hydrogen-bond acceptors (Lipinski definition) is 4. The van der Waals surface area contributed by atoms with Crippen molar-refractivity contribution in [2.45, 2.75) is 45.6 Å². The zero-order valence-electron chi connectivity index (χ0n) is 15.5. The molecule has 1 aliphatic heterocycles. The lowest BCUT2D eigenvalue weighted by Crippen LogP contribution is -2.41. The third kappa shape index (κ3) is 5.43. The highest BCUT2D eigenvalue weighted by Gasteiger charge is 2.33. The van der Waals surface area contributed by atoms with Crippen molar-refractivity contribution in [3.63, 3.8) is 0 Å². The average Bonchev–Trinajstić information content (AvgIpc) is 2.65. The maximum Gasteiger partial charge on any atom is 0.251 e. The van der Waals surface area contributed by atoms with E-state index in [4.69, 9.17) is 10.5 Å². The maximum absolute atomic E-state index is 12.5. The third-order valence-corrected chi connectivity index (χ3v) is 5.19. The van der Waals surface area contributed by atoms with E-state index < -0.39 is 5.41 Å². The van der Waals surface area contributed by atoms with Crippen molar-refractivity contribution < 1.29 is 14.3 Å². The number of rotatable bonds is 7. The number of nitrogens with two attached hydrogens (primary N) is 1. The van der Waals surface area contributed by atoms with Gasteiger partial charge in [-0.25, -0.2) is 0 Å². The molecule has 0 aromatic heterocycles. The van der Waals surface area contributed by atoms with Crippen LogP contribution in [0.2, 0.25) is 0 Å². The van der Waals surface area contributed by atoms with Gasteiger partial charge in [-0.15, -0.1) is 12.4 Å². The number of benzene rings is 1. The molecular formula is C19H30ClN3O3. The first kappa shape index (κ1) is 22.4. The number of carbonyl (C=O) groups excluding carboxylic acids is 2. The predicted molar refractivity (Wildman–Crippen MR) is 106 cm³/mol. The van der Waals surface area contributed by atoms with Crippen LogP contribution in [0.15, 0.2) is 24.3 Å². The Hall–Kier alpha value is -1.63. The van der Waals surface area contributed by atoms with Gasteiger partial charge >= 0.3 is 0 Å². The summed E-state index contributed by atoms with van der Waals surface area (Å²) < 4.78 is 5.29. The molecule has 0 unspecified atom stereocenters. The van der Waals surface area contributed by atoms with Crippen LogP contribution < -0.4 is 16.4 Å². The van der Waals surface area contributed by atoms with Gasteiger partial charge in [-0.3, -0.25) is 9.59 Å². The molecular weight excluding hydrogens is 354 g/mol. The van der Waals surface area contributed by atoms with E-state index in [2.05, 4.69) is 10.6 Å². The van der Waals surface area contributed by atoms with E-state index in [1.807, 2.05) is 13.8 Å². The third-order valence-electron chi connectivity index (χ3n) is 5.19. The van der Waals surface area contributed by atoms with E-state index in [9.17, 15) is 9.59 Å². The molecule has 1 fully saturated rings. The SMILES string of the molecule is CCC(CC)(CN)C(=O)Nc1ccc(C(=O)NC2CCOCC2)cc1.Cl. The van der Waals surface area contributed by atoms with Crippen molar-refractivity contribution in [1.29, 1.82) is 0 Å². The minimum Gasteiger partial charge on any atom is -0.381 e. The van der Waals surface area contributed by atoms with Gasteiger partial charge in [0.25, 0.3) is 5.91 Å². The lowest BCUT2D eigenvalue weighted by atomic mass is 9.81. The van der Waals surface area contributed by atoms with Gasteiger partial charge in [0.1, 0.15) is 0 Å². The standard InChI is InChI=1S/C19H29N3O3.ClH/c1-3-19(4-2,13-20)18(24)22-15-7-5-14(6-8-15)17(23)21-16-9-11-25-12-10-16;/h5-8,16H,3-4,9-13,20H2,1-2H3,(H,21,23)(H,22,24);1H. The topological polar surface area (TPSA) is 93.5 Å². The van der Waals surface area contributed by atoms with Gasteiger partial charge in [-0.2, -0.15) is 0 Å².